The van der Waals surface area contributed by atoms with Crippen LogP contribution in [0.4, 0.5) is 4.79 Å². The highest BCUT2D eigenvalue weighted by atomic mass is 35.5. The summed E-state index contributed by atoms with van der Waals surface area (Å²) in [4.78, 5) is 16.2. The number of aromatic nitrogens is 1. The molecular weight excluding hydrogens is 414 g/mol. The molecule has 0 spiro atoms. The lowest BCUT2D eigenvalue weighted by atomic mass is 10.1. The van der Waals surface area contributed by atoms with Crippen LogP contribution in [-0.4, -0.2) is 49.5 Å². The van der Waals surface area contributed by atoms with Gasteiger partial charge in [0.15, 0.2) is 0 Å². The van der Waals surface area contributed by atoms with E-state index in [2.05, 4.69) is 10.3 Å². The van der Waals surface area contributed by atoms with Crippen LogP contribution in [0.5, 0.6) is 0 Å². The summed E-state index contributed by atoms with van der Waals surface area (Å²) in [6, 6.07) is 9.49. The smallest absolute Gasteiger partial charge is 0.407 e. The van der Waals surface area contributed by atoms with Gasteiger partial charge < -0.3 is 10.1 Å². The predicted molar refractivity (Wildman–Crippen MR) is 110 cm³/mol. The quantitative estimate of drug-likeness (QED) is 0.718. The van der Waals surface area contributed by atoms with Crippen LogP contribution < -0.4 is 5.32 Å². The fraction of sp³-hybridized carbons (Fsp3) is 0.400. The van der Waals surface area contributed by atoms with Gasteiger partial charge in [-0.2, -0.15) is 4.31 Å². The normalized spacial score (nSPS) is 17.6. The number of piperidine rings is 1. The number of nitrogens with zero attached hydrogens (tertiary/aromatic N) is 2. The summed E-state index contributed by atoms with van der Waals surface area (Å²) in [7, 11) is -3.67. The first-order valence-electron chi connectivity index (χ1n) is 9.54. The molecule has 0 unspecified atom stereocenters. The zero-order valence-electron chi connectivity index (χ0n) is 16.0. The fourth-order valence-corrected chi connectivity index (χ4v) is 5.08. The van der Waals surface area contributed by atoms with Gasteiger partial charge in [-0.3, -0.25) is 4.98 Å². The average Bonchev–Trinajstić information content (AvgIpc) is 2.73. The van der Waals surface area contributed by atoms with Crippen molar-refractivity contribution in [3.05, 3.63) is 59.4 Å². The summed E-state index contributed by atoms with van der Waals surface area (Å²) in [5.74, 6) is 0. The molecule has 0 saturated carbocycles. The molecule has 3 rings (SSSR count). The van der Waals surface area contributed by atoms with Crippen molar-refractivity contribution < 1.29 is 17.9 Å². The Kier molecular flexibility index (Phi) is 7.46. The van der Waals surface area contributed by atoms with Crippen LogP contribution in [-0.2, 0) is 21.2 Å². The zero-order chi connectivity index (χ0) is 20.7. The second-order valence-electron chi connectivity index (χ2n) is 6.86. The number of sulfonamides is 1. The van der Waals surface area contributed by atoms with Gasteiger partial charge in [0.1, 0.15) is 6.61 Å². The van der Waals surface area contributed by atoms with E-state index >= 15 is 0 Å². The largest absolute Gasteiger partial charge is 0.448 e. The Morgan fingerprint density at radius 2 is 2.03 bits per heavy atom. The fourth-order valence-electron chi connectivity index (χ4n) is 3.28. The molecule has 1 fully saturated rings. The standard InChI is InChI=1S/C20H24ClN3O4S/c21-17-6-8-19(9-7-17)29(26,27)24-13-2-1-5-18(24)15-28-20(25)23-12-10-16-4-3-11-22-14-16/h3-4,6-9,11,14,18H,1-2,5,10,12-13,15H2,(H,23,25)/t18-/m1/s1. The first-order valence-corrected chi connectivity index (χ1v) is 11.4. The Hall–Kier alpha value is -2.16. The van der Waals surface area contributed by atoms with Gasteiger partial charge in [0.05, 0.1) is 10.9 Å². The Morgan fingerprint density at radius 3 is 2.76 bits per heavy atom. The van der Waals surface area contributed by atoms with E-state index in [0.717, 1.165) is 18.4 Å². The van der Waals surface area contributed by atoms with Crippen LogP contribution in [0.25, 0.3) is 0 Å². The highest BCUT2D eigenvalue weighted by molar-refractivity contribution is 7.89. The molecule has 29 heavy (non-hydrogen) atoms. The minimum Gasteiger partial charge on any atom is -0.448 e. The Morgan fingerprint density at radius 1 is 1.24 bits per heavy atom. The number of benzene rings is 1. The minimum atomic E-state index is -3.67. The SMILES string of the molecule is O=C(NCCc1cccnc1)OC[C@H]1CCCCN1S(=O)(=O)c1ccc(Cl)cc1. The minimum absolute atomic E-state index is 0.0194. The van der Waals surface area contributed by atoms with Crippen molar-refractivity contribution in [1.29, 1.82) is 0 Å². The van der Waals surface area contributed by atoms with E-state index in [1.165, 1.54) is 16.4 Å². The molecule has 2 aromatic rings. The van der Waals surface area contributed by atoms with Crippen LogP contribution in [0.2, 0.25) is 5.02 Å². The lowest BCUT2D eigenvalue weighted by molar-refractivity contribution is 0.105. The van der Waals surface area contributed by atoms with Crippen molar-refractivity contribution in [1.82, 2.24) is 14.6 Å². The number of carbonyl (C=O) groups excluding carboxylic acids is 1. The molecule has 9 heteroatoms. The summed E-state index contributed by atoms with van der Waals surface area (Å²) in [6.45, 7) is 0.842. The third kappa shape index (κ3) is 5.91. The topological polar surface area (TPSA) is 88.6 Å². The monoisotopic (exact) mass is 437 g/mol. The summed E-state index contributed by atoms with van der Waals surface area (Å²) >= 11 is 5.87. The number of amides is 1. The molecular formula is C20H24ClN3O4S. The molecule has 0 aliphatic carbocycles. The number of rotatable bonds is 7. The van der Waals surface area contributed by atoms with E-state index in [-0.39, 0.29) is 17.5 Å². The third-order valence-electron chi connectivity index (χ3n) is 4.81. The molecule has 7 nitrogen and oxygen atoms in total. The van der Waals surface area contributed by atoms with E-state index in [1.807, 2.05) is 12.1 Å². The van der Waals surface area contributed by atoms with Crippen molar-refractivity contribution in [3.8, 4) is 0 Å². The van der Waals surface area contributed by atoms with Gasteiger partial charge in [-0.1, -0.05) is 24.1 Å². The summed E-state index contributed by atoms with van der Waals surface area (Å²) < 4.78 is 32.7. The molecule has 1 aliphatic rings. The maximum Gasteiger partial charge on any atom is 0.407 e. The molecule has 1 amide bonds. The number of carbonyl (C=O) groups is 1. The summed E-state index contributed by atoms with van der Waals surface area (Å²) in [5.41, 5.74) is 1.01. The van der Waals surface area contributed by atoms with Crippen molar-refractivity contribution in [3.63, 3.8) is 0 Å². The Bertz CT molecular complexity index is 907. The Labute approximate surface area is 176 Å². The van der Waals surface area contributed by atoms with Gasteiger partial charge in [-0.25, -0.2) is 13.2 Å². The highest BCUT2D eigenvalue weighted by Crippen LogP contribution is 2.26. The van der Waals surface area contributed by atoms with Gasteiger partial charge in [-0.05, 0) is 55.2 Å². The van der Waals surface area contributed by atoms with Crippen molar-refractivity contribution in [2.45, 2.75) is 36.6 Å². The molecule has 1 aliphatic heterocycles. The third-order valence-corrected chi connectivity index (χ3v) is 7.02. The number of pyridine rings is 1. The Balaban J connectivity index is 1.54. The van der Waals surface area contributed by atoms with Crippen LogP contribution in [0, 0.1) is 0 Å². The first-order chi connectivity index (χ1) is 14.0. The second kappa shape index (κ2) is 10.0. The number of nitrogens with one attached hydrogen (secondary N) is 1. The van der Waals surface area contributed by atoms with Gasteiger partial charge in [0, 0.05) is 30.5 Å². The number of hydrogen-bond acceptors (Lipinski definition) is 5. The van der Waals surface area contributed by atoms with E-state index in [4.69, 9.17) is 16.3 Å². The van der Waals surface area contributed by atoms with E-state index in [9.17, 15) is 13.2 Å². The van der Waals surface area contributed by atoms with Gasteiger partial charge >= 0.3 is 6.09 Å². The number of halogens is 1. The summed E-state index contributed by atoms with van der Waals surface area (Å²) in [5, 5.41) is 3.17. The zero-order valence-corrected chi connectivity index (χ0v) is 17.5. The predicted octanol–water partition coefficient (Wildman–Crippen LogP) is 3.25. The maximum atomic E-state index is 13.0. The average molecular weight is 438 g/mol. The van der Waals surface area contributed by atoms with Crippen molar-refractivity contribution >= 4 is 27.7 Å². The molecule has 2 heterocycles. The van der Waals surface area contributed by atoms with Crippen LogP contribution in [0.3, 0.4) is 0 Å². The maximum absolute atomic E-state index is 13.0. The van der Waals surface area contributed by atoms with E-state index in [1.54, 1.807) is 24.5 Å². The van der Waals surface area contributed by atoms with Crippen molar-refractivity contribution in [2.75, 3.05) is 19.7 Å². The molecule has 0 radical (unpaired) electrons. The first kappa shape index (κ1) is 21.5. The molecule has 156 valence electrons. The van der Waals surface area contributed by atoms with Crippen molar-refractivity contribution in [2.24, 2.45) is 0 Å². The molecule has 1 N–H and O–H groups in total. The molecule has 1 saturated heterocycles. The van der Waals surface area contributed by atoms with Gasteiger partial charge in [0.2, 0.25) is 10.0 Å². The molecule has 1 aromatic heterocycles. The van der Waals surface area contributed by atoms with E-state index in [0.29, 0.717) is 31.0 Å². The molecule has 1 aromatic carbocycles. The number of ether oxygens (including phenoxy) is 1. The number of alkyl carbamates (subject to hydrolysis) is 1. The van der Waals surface area contributed by atoms with Crippen LogP contribution >= 0.6 is 11.6 Å². The lowest BCUT2D eigenvalue weighted by Crippen LogP contribution is -2.46. The van der Waals surface area contributed by atoms with Gasteiger partial charge in [0.25, 0.3) is 0 Å². The second-order valence-corrected chi connectivity index (χ2v) is 9.18. The molecule has 0 bridgehead atoms. The molecule has 1 atom stereocenters. The van der Waals surface area contributed by atoms with Crippen LogP contribution in [0.1, 0.15) is 24.8 Å². The lowest BCUT2D eigenvalue weighted by Gasteiger charge is -2.34. The summed E-state index contributed by atoms with van der Waals surface area (Å²) in [6.07, 6.45) is 5.85. The van der Waals surface area contributed by atoms with E-state index < -0.39 is 16.1 Å². The number of hydrogen-bond donors (Lipinski definition) is 1. The highest BCUT2D eigenvalue weighted by Gasteiger charge is 2.34. The van der Waals surface area contributed by atoms with Crippen LogP contribution in [0.15, 0.2) is 53.7 Å². The van der Waals surface area contributed by atoms with Gasteiger partial charge in [-0.15, -0.1) is 0 Å².